The minimum absolute atomic E-state index is 0. The van der Waals surface area contributed by atoms with Crippen molar-refractivity contribution in [2.75, 3.05) is 7.11 Å². The molecule has 1 atom stereocenters. The third kappa shape index (κ3) is 4.12. The van der Waals surface area contributed by atoms with Gasteiger partial charge in [-0.3, -0.25) is 0 Å². The Kier molecular flexibility index (Phi) is 6.48. The van der Waals surface area contributed by atoms with Crippen molar-refractivity contribution in [1.29, 1.82) is 0 Å². The fourth-order valence-corrected chi connectivity index (χ4v) is 1.88. The maximum Gasteiger partial charge on any atom is 0.697 e. The normalized spacial score (nSPS) is 19.9. The molecule has 1 aliphatic carbocycles. The second kappa shape index (κ2) is 6.49. The molecule has 0 aromatic rings. The Morgan fingerprint density at radius 1 is 1.25 bits per heavy atom. The molecule has 0 radical (unpaired) electrons. The molecule has 72 valence electrons. The molecule has 1 rings (SSSR count). The molecule has 0 aliphatic heterocycles. The van der Waals surface area contributed by atoms with Crippen LogP contribution in [0.25, 0.3) is 0 Å². The first-order valence-electron chi connectivity index (χ1n) is 4.01. The van der Waals surface area contributed by atoms with Crippen LogP contribution in [0, 0.1) is 0 Å². The first-order chi connectivity index (χ1) is 5.33. The van der Waals surface area contributed by atoms with Gasteiger partial charge in [0.05, 0.1) is 7.11 Å². The van der Waals surface area contributed by atoms with Gasteiger partial charge in [0, 0.05) is 4.57 Å². The molecule has 12 heavy (non-hydrogen) atoms. The molecule has 0 bridgehead atoms. The van der Waals surface area contributed by atoms with Gasteiger partial charge in [0.2, 0.25) is 0 Å². The predicted octanol–water partition coefficient (Wildman–Crippen LogP) is 1.81. The minimum Gasteiger partial charge on any atom is -0.412 e. The molecule has 1 aliphatic rings. The quantitative estimate of drug-likeness (QED) is 0.645. The number of hydrogen-bond acceptors (Lipinski definition) is 3. The second-order valence-electron chi connectivity index (χ2n) is 2.77. The Morgan fingerprint density at radius 3 is 2.33 bits per heavy atom. The Balaban J connectivity index is 0.00000121. The molecule has 0 aromatic heterocycles. The molecule has 0 heterocycles. The van der Waals surface area contributed by atoms with Gasteiger partial charge in [-0.2, -0.15) is 0 Å². The monoisotopic (exact) mass is 195 g/mol. The lowest BCUT2D eigenvalue weighted by atomic mass is 9.98. The fraction of sp³-hybridized carbons (Fsp3) is 1.00. The molecule has 0 saturated heterocycles. The van der Waals surface area contributed by atoms with Gasteiger partial charge in [-0.15, -0.1) is 9.05 Å². The third-order valence-electron chi connectivity index (χ3n) is 1.94. The third-order valence-corrected chi connectivity index (χ3v) is 2.70. The smallest absolute Gasteiger partial charge is 0.412 e. The zero-order valence-corrected chi connectivity index (χ0v) is 8.18. The summed E-state index contributed by atoms with van der Waals surface area (Å²) >= 11 is 0. The zero-order valence-electron chi connectivity index (χ0n) is 7.28. The standard InChI is InChI=1S/C7H14O3P.H2O/c1-9-11(8)10-7-5-3-2-4-6-7;/h7H,2-6H2,1H3;1H2/q+1;. The molecule has 2 N–H and O–H groups in total. The van der Waals surface area contributed by atoms with E-state index in [1.165, 1.54) is 26.4 Å². The molecule has 1 fully saturated rings. The van der Waals surface area contributed by atoms with E-state index in [9.17, 15) is 4.57 Å². The highest BCUT2D eigenvalue weighted by atomic mass is 31.1. The summed E-state index contributed by atoms with van der Waals surface area (Å²) in [5.41, 5.74) is 0. The molecule has 4 nitrogen and oxygen atoms in total. The molecule has 0 aromatic carbocycles. The summed E-state index contributed by atoms with van der Waals surface area (Å²) in [6, 6.07) is 0. The summed E-state index contributed by atoms with van der Waals surface area (Å²) in [7, 11) is -0.447. The van der Waals surface area contributed by atoms with Crippen LogP contribution < -0.4 is 0 Å². The second-order valence-corrected chi connectivity index (χ2v) is 3.79. The SMILES string of the molecule is CO[P+](=O)OC1CCCCC1.O. The summed E-state index contributed by atoms with van der Waals surface area (Å²) in [6.45, 7) is 0. The summed E-state index contributed by atoms with van der Waals surface area (Å²) in [5, 5.41) is 0. The van der Waals surface area contributed by atoms with Crippen LogP contribution in [0.2, 0.25) is 0 Å². The Labute approximate surface area is 73.5 Å². The number of hydrogen-bond donors (Lipinski definition) is 0. The highest BCUT2D eigenvalue weighted by Gasteiger charge is 2.26. The van der Waals surface area contributed by atoms with E-state index in [0.29, 0.717) is 0 Å². The van der Waals surface area contributed by atoms with E-state index in [1.807, 2.05) is 0 Å². The van der Waals surface area contributed by atoms with Crippen LogP contribution >= 0.6 is 8.25 Å². The lowest BCUT2D eigenvalue weighted by Crippen LogP contribution is -2.13. The van der Waals surface area contributed by atoms with Crippen molar-refractivity contribution in [1.82, 2.24) is 0 Å². The van der Waals surface area contributed by atoms with E-state index in [4.69, 9.17) is 4.52 Å². The van der Waals surface area contributed by atoms with Crippen molar-refractivity contribution < 1.29 is 19.1 Å². The lowest BCUT2D eigenvalue weighted by molar-refractivity contribution is 0.139. The largest absolute Gasteiger partial charge is 0.697 e. The van der Waals surface area contributed by atoms with E-state index in [2.05, 4.69) is 4.52 Å². The average molecular weight is 195 g/mol. The summed E-state index contributed by atoms with van der Waals surface area (Å²) in [5.74, 6) is 0. The van der Waals surface area contributed by atoms with Gasteiger partial charge in [0.25, 0.3) is 0 Å². The van der Waals surface area contributed by atoms with Crippen LogP contribution in [0.1, 0.15) is 32.1 Å². The van der Waals surface area contributed by atoms with Crippen molar-refractivity contribution in [3.8, 4) is 0 Å². The van der Waals surface area contributed by atoms with Gasteiger partial charge >= 0.3 is 8.25 Å². The van der Waals surface area contributed by atoms with Gasteiger partial charge in [-0.25, -0.2) is 0 Å². The molecular weight excluding hydrogens is 179 g/mol. The van der Waals surface area contributed by atoms with Gasteiger partial charge in [0.15, 0.2) is 0 Å². The van der Waals surface area contributed by atoms with Gasteiger partial charge in [0.1, 0.15) is 6.10 Å². The van der Waals surface area contributed by atoms with E-state index in [0.717, 1.165) is 12.8 Å². The Bertz CT molecular complexity index is 133. The molecule has 0 amide bonds. The maximum absolute atomic E-state index is 10.8. The van der Waals surface area contributed by atoms with Crippen LogP contribution in [-0.2, 0) is 13.6 Å². The Hall–Kier alpha value is -0.0200. The molecular formula is C7H16O4P+. The molecule has 1 saturated carbocycles. The summed E-state index contributed by atoms with van der Waals surface area (Å²) in [6.07, 6.45) is 5.90. The first-order valence-corrected chi connectivity index (χ1v) is 5.10. The van der Waals surface area contributed by atoms with E-state index in [-0.39, 0.29) is 11.6 Å². The minimum atomic E-state index is -1.85. The van der Waals surface area contributed by atoms with Crippen molar-refractivity contribution in [3.63, 3.8) is 0 Å². The van der Waals surface area contributed by atoms with Crippen LogP contribution in [0.5, 0.6) is 0 Å². The predicted molar refractivity (Wildman–Crippen MR) is 46.2 cm³/mol. The van der Waals surface area contributed by atoms with E-state index >= 15 is 0 Å². The lowest BCUT2D eigenvalue weighted by Gasteiger charge is -2.14. The molecule has 5 heteroatoms. The van der Waals surface area contributed by atoms with Crippen LogP contribution in [0.4, 0.5) is 0 Å². The number of rotatable bonds is 3. The van der Waals surface area contributed by atoms with E-state index < -0.39 is 8.25 Å². The van der Waals surface area contributed by atoms with Crippen molar-refractivity contribution in [2.24, 2.45) is 0 Å². The molecule has 0 spiro atoms. The highest BCUT2D eigenvalue weighted by molar-refractivity contribution is 7.33. The highest BCUT2D eigenvalue weighted by Crippen LogP contribution is 2.31. The first kappa shape index (κ1) is 12.0. The van der Waals surface area contributed by atoms with Crippen LogP contribution in [0.15, 0.2) is 0 Å². The van der Waals surface area contributed by atoms with Gasteiger partial charge < -0.3 is 5.48 Å². The van der Waals surface area contributed by atoms with Crippen molar-refractivity contribution >= 4 is 8.25 Å². The van der Waals surface area contributed by atoms with Crippen molar-refractivity contribution in [3.05, 3.63) is 0 Å². The average Bonchev–Trinajstić information content (AvgIpc) is 2.06. The zero-order chi connectivity index (χ0) is 8.10. The van der Waals surface area contributed by atoms with Crippen molar-refractivity contribution in [2.45, 2.75) is 38.2 Å². The topological polar surface area (TPSA) is 67.0 Å². The van der Waals surface area contributed by atoms with Gasteiger partial charge in [-0.05, 0) is 12.8 Å². The van der Waals surface area contributed by atoms with Crippen LogP contribution in [0.3, 0.4) is 0 Å². The Morgan fingerprint density at radius 2 is 1.83 bits per heavy atom. The summed E-state index contributed by atoms with van der Waals surface area (Å²) < 4.78 is 20.5. The van der Waals surface area contributed by atoms with Crippen LogP contribution in [-0.4, -0.2) is 18.7 Å². The maximum atomic E-state index is 10.8. The van der Waals surface area contributed by atoms with E-state index in [1.54, 1.807) is 0 Å². The fourth-order valence-electron chi connectivity index (χ4n) is 1.34. The summed E-state index contributed by atoms with van der Waals surface area (Å²) in [4.78, 5) is 0. The van der Waals surface area contributed by atoms with Gasteiger partial charge in [-0.1, -0.05) is 19.3 Å². The molecule has 1 unspecified atom stereocenters.